The summed E-state index contributed by atoms with van der Waals surface area (Å²) in [5.74, 6) is -1.15. The molecule has 0 spiro atoms. The number of nitrogens with zero attached hydrogens (tertiary/aromatic N) is 1. The Morgan fingerprint density at radius 3 is 2.18 bits per heavy atom. The number of aromatic carboxylic acids is 1. The Morgan fingerprint density at radius 2 is 1.61 bits per heavy atom. The summed E-state index contributed by atoms with van der Waals surface area (Å²) in [7, 11) is -3.78. The Morgan fingerprint density at radius 1 is 0.964 bits per heavy atom. The first-order valence-electron chi connectivity index (χ1n) is 8.81. The van der Waals surface area contributed by atoms with E-state index in [1.54, 1.807) is 27.7 Å². The number of carboxylic acid groups (broad SMARTS) is 1. The van der Waals surface area contributed by atoms with Crippen molar-refractivity contribution in [3.05, 3.63) is 52.2 Å². The molecular formula is C20H21NO6S. The van der Waals surface area contributed by atoms with Crippen LogP contribution in [-0.4, -0.2) is 35.9 Å². The van der Waals surface area contributed by atoms with Gasteiger partial charge in [-0.15, -0.1) is 0 Å². The van der Waals surface area contributed by atoms with Crippen LogP contribution in [0, 0.1) is 0 Å². The van der Waals surface area contributed by atoms with Gasteiger partial charge in [-0.3, -0.25) is 4.79 Å². The number of hydrogen-bond acceptors (Lipinski definition) is 5. The van der Waals surface area contributed by atoms with Crippen LogP contribution in [0.1, 0.15) is 38.1 Å². The van der Waals surface area contributed by atoms with Crippen LogP contribution >= 0.6 is 0 Å². The van der Waals surface area contributed by atoms with Crippen molar-refractivity contribution in [2.75, 3.05) is 0 Å². The standard InChI is InChI=1S/C20H21NO6S/c1-11(2)21(12(3)4)28(25,26)14-6-7-15-18(10-14)27-17-8-5-13(20(23)24)9-16(17)19(15)22/h5-12H,1-4H3,(H,23,24). The molecule has 1 aromatic heterocycles. The fraction of sp³-hybridized carbons (Fsp3) is 0.300. The third-order valence-corrected chi connectivity index (χ3v) is 6.73. The maximum atomic E-state index is 13.1. The highest BCUT2D eigenvalue weighted by Crippen LogP contribution is 2.26. The highest BCUT2D eigenvalue weighted by Gasteiger charge is 2.30. The molecular weight excluding hydrogens is 382 g/mol. The maximum absolute atomic E-state index is 13.1. The van der Waals surface area contributed by atoms with Crippen LogP contribution in [0.15, 0.2) is 50.5 Å². The molecule has 2 aromatic carbocycles. The molecule has 0 unspecified atom stereocenters. The van der Waals surface area contributed by atoms with Gasteiger partial charge in [0.05, 0.1) is 21.2 Å². The van der Waals surface area contributed by atoms with E-state index in [9.17, 15) is 18.0 Å². The summed E-state index contributed by atoms with van der Waals surface area (Å²) < 4.78 is 33.3. The maximum Gasteiger partial charge on any atom is 0.335 e. The number of rotatable bonds is 5. The van der Waals surface area contributed by atoms with E-state index in [0.717, 1.165) is 0 Å². The monoisotopic (exact) mass is 403 g/mol. The Bertz CT molecular complexity index is 1230. The van der Waals surface area contributed by atoms with Gasteiger partial charge in [-0.2, -0.15) is 4.31 Å². The van der Waals surface area contributed by atoms with Crippen molar-refractivity contribution in [1.82, 2.24) is 4.31 Å². The lowest BCUT2D eigenvalue weighted by Crippen LogP contribution is -2.41. The van der Waals surface area contributed by atoms with E-state index in [0.29, 0.717) is 0 Å². The largest absolute Gasteiger partial charge is 0.478 e. The minimum absolute atomic E-state index is 0.0251. The fourth-order valence-corrected chi connectivity index (χ4v) is 5.25. The first-order valence-corrected chi connectivity index (χ1v) is 10.3. The van der Waals surface area contributed by atoms with E-state index in [2.05, 4.69) is 0 Å². The summed E-state index contributed by atoms with van der Waals surface area (Å²) in [6, 6.07) is 7.63. The van der Waals surface area contributed by atoms with Crippen molar-refractivity contribution in [2.24, 2.45) is 0 Å². The SMILES string of the molecule is CC(C)N(C(C)C)S(=O)(=O)c1ccc2c(=O)c3cc(C(=O)O)ccc3oc2c1. The molecule has 3 aromatic rings. The molecule has 7 nitrogen and oxygen atoms in total. The predicted molar refractivity (Wildman–Crippen MR) is 106 cm³/mol. The van der Waals surface area contributed by atoms with Gasteiger partial charge in [-0.25, -0.2) is 13.2 Å². The van der Waals surface area contributed by atoms with E-state index in [4.69, 9.17) is 9.52 Å². The average molecular weight is 403 g/mol. The first-order chi connectivity index (χ1) is 13.0. The lowest BCUT2D eigenvalue weighted by atomic mass is 10.1. The zero-order valence-corrected chi connectivity index (χ0v) is 16.8. The summed E-state index contributed by atoms with van der Waals surface area (Å²) in [5, 5.41) is 9.43. The number of hydrogen-bond donors (Lipinski definition) is 1. The smallest absolute Gasteiger partial charge is 0.335 e. The quantitative estimate of drug-likeness (QED) is 0.654. The third kappa shape index (κ3) is 3.29. The lowest BCUT2D eigenvalue weighted by molar-refractivity contribution is 0.0697. The van der Waals surface area contributed by atoms with Gasteiger partial charge in [-0.1, -0.05) is 0 Å². The molecule has 0 saturated heterocycles. The van der Waals surface area contributed by atoms with Gasteiger partial charge in [0, 0.05) is 18.2 Å². The number of carboxylic acids is 1. The molecule has 0 atom stereocenters. The van der Waals surface area contributed by atoms with Crippen LogP contribution in [-0.2, 0) is 10.0 Å². The molecule has 0 amide bonds. The van der Waals surface area contributed by atoms with Crippen LogP contribution < -0.4 is 5.43 Å². The second kappa shape index (κ2) is 7.03. The normalized spacial score (nSPS) is 12.5. The number of benzene rings is 2. The minimum atomic E-state index is -3.78. The second-order valence-electron chi connectivity index (χ2n) is 7.13. The van der Waals surface area contributed by atoms with Crippen molar-refractivity contribution in [1.29, 1.82) is 0 Å². The number of sulfonamides is 1. The molecule has 1 N–H and O–H groups in total. The summed E-state index contributed by atoms with van der Waals surface area (Å²) in [4.78, 5) is 23.9. The Kier molecular flexibility index (Phi) is 5.03. The molecule has 148 valence electrons. The Labute approximate surface area is 162 Å². The van der Waals surface area contributed by atoms with Crippen LogP contribution in [0.25, 0.3) is 21.9 Å². The fourth-order valence-electron chi connectivity index (χ4n) is 3.40. The number of carbonyl (C=O) groups is 1. The highest BCUT2D eigenvalue weighted by atomic mass is 32.2. The van der Waals surface area contributed by atoms with E-state index < -0.39 is 21.4 Å². The summed E-state index contributed by atoms with van der Waals surface area (Å²) in [6.45, 7) is 7.19. The molecule has 8 heteroatoms. The van der Waals surface area contributed by atoms with Gasteiger partial charge in [0.25, 0.3) is 0 Å². The molecule has 0 aliphatic carbocycles. The summed E-state index contributed by atoms with van der Waals surface area (Å²) >= 11 is 0. The Hall–Kier alpha value is -2.71. The van der Waals surface area contributed by atoms with Crippen molar-refractivity contribution in [3.8, 4) is 0 Å². The van der Waals surface area contributed by atoms with Gasteiger partial charge in [0.1, 0.15) is 11.2 Å². The van der Waals surface area contributed by atoms with E-state index in [-0.39, 0.29) is 44.5 Å². The molecule has 1 heterocycles. The van der Waals surface area contributed by atoms with Crippen molar-refractivity contribution >= 4 is 37.9 Å². The molecule has 0 radical (unpaired) electrons. The van der Waals surface area contributed by atoms with Crippen LogP contribution in [0.3, 0.4) is 0 Å². The molecule has 0 aliphatic heterocycles. The van der Waals surface area contributed by atoms with E-state index in [1.165, 1.54) is 40.7 Å². The van der Waals surface area contributed by atoms with Gasteiger partial charge in [0.15, 0.2) is 0 Å². The van der Waals surface area contributed by atoms with Crippen molar-refractivity contribution in [2.45, 2.75) is 44.7 Å². The van der Waals surface area contributed by atoms with Crippen LogP contribution in [0.4, 0.5) is 0 Å². The van der Waals surface area contributed by atoms with Gasteiger partial charge in [-0.05, 0) is 58.0 Å². The van der Waals surface area contributed by atoms with Crippen molar-refractivity contribution in [3.63, 3.8) is 0 Å². The third-order valence-electron chi connectivity index (χ3n) is 4.48. The van der Waals surface area contributed by atoms with Crippen LogP contribution in [0.5, 0.6) is 0 Å². The zero-order chi connectivity index (χ0) is 20.8. The Balaban J connectivity index is 2.25. The van der Waals surface area contributed by atoms with Gasteiger partial charge in [0.2, 0.25) is 15.5 Å². The minimum Gasteiger partial charge on any atom is -0.478 e. The highest BCUT2D eigenvalue weighted by molar-refractivity contribution is 7.89. The second-order valence-corrected chi connectivity index (χ2v) is 8.97. The summed E-state index contributed by atoms with van der Waals surface area (Å²) in [6.07, 6.45) is 0. The first kappa shape index (κ1) is 20.0. The lowest BCUT2D eigenvalue weighted by Gasteiger charge is -2.29. The average Bonchev–Trinajstić information content (AvgIpc) is 2.60. The predicted octanol–water partition coefficient (Wildman–Crippen LogP) is 3.45. The zero-order valence-electron chi connectivity index (χ0n) is 16.0. The molecule has 0 aliphatic rings. The molecule has 0 fully saturated rings. The van der Waals surface area contributed by atoms with Crippen molar-refractivity contribution < 1.29 is 22.7 Å². The summed E-state index contributed by atoms with van der Waals surface area (Å²) in [5.41, 5.74) is -0.105. The number of fused-ring (bicyclic) bond motifs is 2. The molecule has 0 bridgehead atoms. The topological polar surface area (TPSA) is 105 Å². The van der Waals surface area contributed by atoms with E-state index in [1.807, 2.05) is 0 Å². The van der Waals surface area contributed by atoms with Gasteiger partial charge < -0.3 is 9.52 Å². The van der Waals surface area contributed by atoms with Crippen LogP contribution in [0.2, 0.25) is 0 Å². The molecule has 28 heavy (non-hydrogen) atoms. The molecule has 3 rings (SSSR count). The molecule has 0 saturated carbocycles. The van der Waals surface area contributed by atoms with Gasteiger partial charge >= 0.3 is 5.97 Å². The van der Waals surface area contributed by atoms with E-state index >= 15 is 0 Å².